The van der Waals surface area contributed by atoms with Gasteiger partial charge in [-0.1, -0.05) is 12.5 Å². The maximum absolute atomic E-state index is 13.3. The molecule has 1 atom stereocenters. The molecule has 0 aliphatic carbocycles. The molecule has 3 N–H and O–H groups in total. The third kappa shape index (κ3) is 7.35. The molecule has 2 rings (SSSR count). The van der Waals surface area contributed by atoms with Crippen molar-refractivity contribution in [3.63, 3.8) is 0 Å². The minimum atomic E-state index is -0.604. The van der Waals surface area contributed by atoms with Crippen molar-refractivity contribution in [2.75, 3.05) is 26.7 Å². The molecule has 1 heterocycles. The van der Waals surface area contributed by atoms with Crippen molar-refractivity contribution in [1.82, 2.24) is 15.5 Å². The Labute approximate surface area is 167 Å². The summed E-state index contributed by atoms with van der Waals surface area (Å²) in [4.78, 5) is 6.74. The third-order valence-electron chi connectivity index (χ3n) is 4.55. The Morgan fingerprint density at radius 3 is 2.84 bits per heavy atom. The van der Waals surface area contributed by atoms with Gasteiger partial charge in [-0.25, -0.2) is 4.39 Å². The predicted molar refractivity (Wildman–Crippen MR) is 111 cm³/mol. The predicted octanol–water partition coefficient (Wildman–Crippen LogP) is 3.08. The van der Waals surface area contributed by atoms with E-state index in [-0.39, 0.29) is 29.7 Å². The molecule has 1 fully saturated rings. The van der Waals surface area contributed by atoms with Crippen LogP contribution in [0.15, 0.2) is 23.2 Å². The highest BCUT2D eigenvalue weighted by atomic mass is 127. The Kier molecular flexibility index (Phi) is 10.1. The Bertz CT molecular complexity index is 556. The molecule has 0 radical (unpaired) electrons. The zero-order valence-electron chi connectivity index (χ0n) is 15.1. The van der Waals surface area contributed by atoms with Gasteiger partial charge in [0.1, 0.15) is 0 Å². The highest BCUT2D eigenvalue weighted by Gasteiger charge is 2.17. The minimum absolute atomic E-state index is 0. The molecule has 0 spiro atoms. The number of benzene rings is 1. The number of hydrogen-bond donors (Lipinski definition) is 3. The molecule has 1 unspecified atom stereocenters. The molecule has 0 saturated carbocycles. The molecule has 7 heteroatoms. The second kappa shape index (κ2) is 11.5. The minimum Gasteiger partial charge on any atom is -0.505 e. The topological polar surface area (TPSA) is 59.9 Å². The largest absolute Gasteiger partial charge is 0.505 e. The van der Waals surface area contributed by atoms with Crippen molar-refractivity contribution < 1.29 is 9.50 Å². The summed E-state index contributed by atoms with van der Waals surface area (Å²) in [5.74, 6) is -0.226. The van der Waals surface area contributed by atoms with Crippen LogP contribution in [0.4, 0.5) is 4.39 Å². The van der Waals surface area contributed by atoms with E-state index >= 15 is 0 Å². The van der Waals surface area contributed by atoms with Gasteiger partial charge in [-0.3, -0.25) is 4.99 Å². The van der Waals surface area contributed by atoms with Crippen LogP contribution in [0.5, 0.6) is 5.75 Å². The van der Waals surface area contributed by atoms with Gasteiger partial charge in [0.15, 0.2) is 17.5 Å². The Morgan fingerprint density at radius 1 is 1.36 bits per heavy atom. The number of rotatable bonds is 6. The molecule has 1 aromatic rings. The van der Waals surface area contributed by atoms with Gasteiger partial charge in [-0.15, -0.1) is 24.0 Å². The van der Waals surface area contributed by atoms with Gasteiger partial charge < -0.3 is 20.6 Å². The fraction of sp³-hybridized carbons (Fsp3) is 0.611. The van der Waals surface area contributed by atoms with Gasteiger partial charge in [0.2, 0.25) is 0 Å². The highest BCUT2D eigenvalue weighted by molar-refractivity contribution is 14.0. The first-order chi connectivity index (χ1) is 11.6. The van der Waals surface area contributed by atoms with E-state index in [0.29, 0.717) is 18.5 Å². The van der Waals surface area contributed by atoms with Crippen LogP contribution in [0.1, 0.15) is 38.2 Å². The third-order valence-corrected chi connectivity index (χ3v) is 4.55. The molecule has 0 bridgehead atoms. The molecular weight excluding hydrogens is 434 g/mol. The number of nitrogens with zero attached hydrogens (tertiary/aromatic N) is 2. The van der Waals surface area contributed by atoms with E-state index in [1.54, 1.807) is 13.1 Å². The number of nitrogens with one attached hydrogen (secondary N) is 2. The van der Waals surface area contributed by atoms with Crippen LogP contribution in [0.3, 0.4) is 0 Å². The molecule has 25 heavy (non-hydrogen) atoms. The second-order valence-corrected chi connectivity index (χ2v) is 6.37. The number of hydrogen-bond acceptors (Lipinski definition) is 3. The van der Waals surface area contributed by atoms with Crippen LogP contribution >= 0.6 is 24.0 Å². The van der Waals surface area contributed by atoms with Crippen LogP contribution in [-0.2, 0) is 6.54 Å². The van der Waals surface area contributed by atoms with Gasteiger partial charge in [0, 0.05) is 32.7 Å². The van der Waals surface area contributed by atoms with Crippen molar-refractivity contribution in [2.24, 2.45) is 4.99 Å². The van der Waals surface area contributed by atoms with E-state index in [1.807, 2.05) is 0 Å². The number of guanidine groups is 1. The maximum Gasteiger partial charge on any atom is 0.191 e. The Hall–Kier alpha value is -1.09. The molecule has 142 valence electrons. The first-order valence-electron chi connectivity index (χ1n) is 8.76. The lowest BCUT2D eigenvalue weighted by molar-refractivity contribution is 0.159. The fourth-order valence-corrected chi connectivity index (χ4v) is 3.05. The van der Waals surface area contributed by atoms with Crippen molar-refractivity contribution in [3.05, 3.63) is 29.6 Å². The van der Waals surface area contributed by atoms with E-state index in [0.717, 1.165) is 25.1 Å². The number of halogens is 2. The Morgan fingerprint density at radius 2 is 2.16 bits per heavy atom. The summed E-state index contributed by atoms with van der Waals surface area (Å²) in [7, 11) is 1.72. The normalized spacial score (nSPS) is 18.5. The zero-order chi connectivity index (χ0) is 17.4. The smallest absolute Gasteiger partial charge is 0.191 e. The van der Waals surface area contributed by atoms with Crippen LogP contribution in [0.2, 0.25) is 0 Å². The van der Waals surface area contributed by atoms with Gasteiger partial charge in [0.05, 0.1) is 0 Å². The van der Waals surface area contributed by atoms with Crippen molar-refractivity contribution in [1.29, 1.82) is 0 Å². The monoisotopic (exact) mass is 464 g/mol. The van der Waals surface area contributed by atoms with Crippen LogP contribution in [0.25, 0.3) is 0 Å². The first kappa shape index (κ1) is 22.0. The molecule has 0 amide bonds. The number of phenols is 1. The summed E-state index contributed by atoms with van der Waals surface area (Å²) in [6.07, 6.45) is 5.03. The van der Waals surface area contributed by atoms with E-state index < -0.39 is 5.82 Å². The summed E-state index contributed by atoms with van der Waals surface area (Å²) in [6, 6.07) is 5.08. The lowest BCUT2D eigenvalue weighted by Gasteiger charge is -2.33. The average molecular weight is 464 g/mol. The number of phenolic OH excluding ortho intramolecular Hbond substituents is 1. The standard InChI is InChI=1S/C18H29FN4O.HI/c1-14-6-3-4-10-23(14)11-5-9-21-18(20-2)22-13-15-7-8-17(24)16(19)12-15;/h7-8,12,14,24H,3-6,9-11,13H2,1-2H3,(H2,20,21,22);1H. The summed E-state index contributed by atoms with van der Waals surface area (Å²) < 4.78 is 13.3. The van der Waals surface area contributed by atoms with Gasteiger partial charge in [-0.2, -0.15) is 0 Å². The number of aliphatic imine (C=N–C) groups is 1. The molecular formula is C18H30FIN4O. The van der Waals surface area contributed by atoms with Gasteiger partial charge in [-0.05, 0) is 50.4 Å². The molecule has 1 aliphatic heterocycles. The van der Waals surface area contributed by atoms with Crippen LogP contribution in [-0.4, -0.2) is 48.7 Å². The van der Waals surface area contributed by atoms with E-state index in [9.17, 15) is 9.50 Å². The van der Waals surface area contributed by atoms with Crippen LogP contribution < -0.4 is 10.6 Å². The molecule has 1 aliphatic rings. The molecule has 0 aromatic heterocycles. The molecule has 1 saturated heterocycles. The van der Waals surface area contributed by atoms with Crippen molar-refractivity contribution >= 4 is 29.9 Å². The van der Waals surface area contributed by atoms with Gasteiger partial charge >= 0.3 is 0 Å². The first-order valence-corrected chi connectivity index (χ1v) is 8.76. The quantitative estimate of drug-likeness (QED) is 0.262. The lowest BCUT2D eigenvalue weighted by atomic mass is 10.0. The number of likely N-dealkylation sites (tertiary alicyclic amines) is 1. The number of piperidine rings is 1. The highest BCUT2D eigenvalue weighted by Crippen LogP contribution is 2.16. The van der Waals surface area contributed by atoms with Crippen molar-refractivity contribution in [3.8, 4) is 5.75 Å². The van der Waals surface area contributed by atoms with E-state index in [1.165, 1.54) is 37.9 Å². The van der Waals surface area contributed by atoms with E-state index in [2.05, 4.69) is 27.4 Å². The maximum atomic E-state index is 13.3. The molecule has 1 aromatic carbocycles. The Balaban J connectivity index is 0.00000312. The average Bonchev–Trinajstić information content (AvgIpc) is 2.58. The second-order valence-electron chi connectivity index (χ2n) is 6.37. The zero-order valence-corrected chi connectivity index (χ0v) is 17.4. The summed E-state index contributed by atoms with van der Waals surface area (Å²) in [6.45, 7) is 5.94. The summed E-state index contributed by atoms with van der Waals surface area (Å²) in [5, 5.41) is 15.6. The lowest BCUT2D eigenvalue weighted by Crippen LogP contribution is -2.41. The molecule has 5 nitrogen and oxygen atoms in total. The summed E-state index contributed by atoms with van der Waals surface area (Å²) in [5.41, 5.74) is 0.760. The van der Waals surface area contributed by atoms with Crippen LogP contribution in [0, 0.1) is 5.82 Å². The van der Waals surface area contributed by atoms with E-state index in [4.69, 9.17) is 0 Å². The fourth-order valence-electron chi connectivity index (χ4n) is 3.05. The SMILES string of the molecule is CN=C(NCCCN1CCCCC1C)NCc1ccc(O)c(F)c1.I. The van der Waals surface area contributed by atoms with Crippen molar-refractivity contribution in [2.45, 2.75) is 45.2 Å². The summed E-state index contributed by atoms with van der Waals surface area (Å²) >= 11 is 0. The number of aromatic hydroxyl groups is 1. The van der Waals surface area contributed by atoms with Gasteiger partial charge in [0.25, 0.3) is 0 Å².